The third-order valence-electron chi connectivity index (χ3n) is 3.38. The van der Waals surface area contributed by atoms with Gasteiger partial charge in [0.2, 0.25) is 0 Å². The molecule has 0 amide bonds. The van der Waals surface area contributed by atoms with Crippen LogP contribution in [0.1, 0.15) is 25.3 Å². The van der Waals surface area contributed by atoms with Gasteiger partial charge in [0.1, 0.15) is 0 Å². The summed E-state index contributed by atoms with van der Waals surface area (Å²) in [5.74, 6) is 0. The molecule has 0 aliphatic carbocycles. The van der Waals surface area contributed by atoms with Crippen LogP contribution in [0.15, 0.2) is 18.2 Å². The predicted octanol–water partition coefficient (Wildman–Crippen LogP) is 2.60. The van der Waals surface area contributed by atoms with Crippen LogP contribution in [0, 0.1) is 10.1 Å². The van der Waals surface area contributed by atoms with E-state index >= 15 is 0 Å². The van der Waals surface area contributed by atoms with Crippen LogP contribution in [0.5, 0.6) is 0 Å². The van der Waals surface area contributed by atoms with Gasteiger partial charge in [-0.2, -0.15) is 0 Å². The first-order chi connectivity index (χ1) is 8.93. The molecule has 0 radical (unpaired) electrons. The zero-order valence-electron chi connectivity index (χ0n) is 10.8. The molecule has 1 aliphatic rings. The summed E-state index contributed by atoms with van der Waals surface area (Å²) in [6, 6.07) is 4.57. The molecule has 1 aliphatic heterocycles. The van der Waals surface area contributed by atoms with Crippen molar-refractivity contribution >= 4 is 17.3 Å². The standard InChI is InChI=1S/C13H17ClN2O3/c1-2-5-13(17)8-15(9-13)7-10-6-11(14)3-4-12(10)16(18)19/h3-4,6,17H,2,5,7-9H2,1H3. The Morgan fingerprint density at radius 1 is 1.53 bits per heavy atom. The lowest BCUT2D eigenvalue weighted by atomic mass is 9.89. The number of nitro groups is 1. The Kier molecular flexibility index (Phi) is 4.08. The highest BCUT2D eigenvalue weighted by atomic mass is 35.5. The van der Waals surface area contributed by atoms with Gasteiger partial charge in [0.25, 0.3) is 5.69 Å². The van der Waals surface area contributed by atoms with Crippen molar-refractivity contribution in [2.45, 2.75) is 31.9 Å². The molecule has 0 bridgehead atoms. The fourth-order valence-electron chi connectivity index (χ4n) is 2.62. The molecular weight excluding hydrogens is 268 g/mol. The van der Waals surface area contributed by atoms with Gasteiger partial charge in [-0.25, -0.2) is 0 Å². The van der Waals surface area contributed by atoms with Crippen molar-refractivity contribution in [3.05, 3.63) is 38.9 Å². The number of β-amino-alcohol motifs (C(OH)–C–C–N with tert-alkyl or cyclic N) is 1. The molecule has 0 aromatic heterocycles. The maximum Gasteiger partial charge on any atom is 0.273 e. The van der Waals surface area contributed by atoms with Crippen molar-refractivity contribution in [2.75, 3.05) is 13.1 Å². The quantitative estimate of drug-likeness (QED) is 0.667. The van der Waals surface area contributed by atoms with Crippen LogP contribution < -0.4 is 0 Å². The van der Waals surface area contributed by atoms with Gasteiger partial charge in [0.05, 0.1) is 10.5 Å². The molecule has 1 saturated heterocycles. The van der Waals surface area contributed by atoms with E-state index in [0.29, 0.717) is 30.2 Å². The van der Waals surface area contributed by atoms with Gasteiger partial charge in [-0.3, -0.25) is 15.0 Å². The lowest BCUT2D eigenvalue weighted by Gasteiger charge is -2.46. The van der Waals surface area contributed by atoms with E-state index in [1.807, 2.05) is 11.8 Å². The monoisotopic (exact) mass is 284 g/mol. The van der Waals surface area contributed by atoms with E-state index in [1.54, 1.807) is 6.07 Å². The molecule has 0 spiro atoms. The summed E-state index contributed by atoms with van der Waals surface area (Å²) in [4.78, 5) is 12.5. The minimum Gasteiger partial charge on any atom is -0.387 e. The number of nitrogens with zero attached hydrogens (tertiary/aromatic N) is 2. The highest BCUT2D eigenvalue weighted by Gasteiger charge is 2.40. The molecule has 0 unspecified atom stereocenters. The fourth-order valence-corrected chi connectivity index (χ4v) is 2.82. The highest BCUT2D eigenvalue weighted by Crippen LogP contribution is 2.30. The molecule has 0 saturated carbocycles. The summed E-state index contributed by atoms with van der Waals surface area (Å²) < 4.78 is 0. The normalized spacial score (nSPS) is 18.1. The lowest BCUT2D eigenvalue weighted by molar-refractivity contribution is -0.385. The molecule has 1 heterocycles. The first-order valence-corrected chi connectivity index (χ1v) is 6.69. The van der Waals surface area contributed by atoms with E-state index in [4.69, 9.17) is 11.6 Å². The molecule has 1 aromatic rings. The summed E-state index contributed by atoms with van der Waals surface area (Å²) >= 11 is 5.88. The lowest BCUT2D eigenvalue weighted by Crippen LogP contribution is -2.60. The predicted molar refractivity (Wildman–Crippen MR) is 73.2 cm³/mol. The van der Waals surface area contributed by atoms with Crippen molar-refractivity contribution in [3.63, 3.8) is 0 Å². The van der Waals surface area contributed by atoms with Crippen LogP contribution in [0.2, 0.25) is 5.02 Å². The first kappa shape index (κ1) is 14.2. The molecule has 1 N–H and O–H groups in total. The minimum absolute atomic E-state index is 0.0790. The fraction of sp³-hybridized carbons (Fsp3) is 0.538. The summed E-state index contributed by atoms with van der Waals surface area (Å²) in [6.07, 6.45) is 1.70. The summed E-state index contributed by atoms with van der Waals surface area (Å²) in [7, 11) is 0. The Morgan fingerprint density at radius 2 is 2.21 bits per heavy atom. The van der Waals surface area contributed by atoms with Crippen molar-refractivity contribution < 1.29 is 10.0 Å². The number of benzene rings is 1. The molecular formula is C13H17ClN2O3. The average molecular weight is 285 g/mol. The van der Waals surface area contributed by atoms with E-state index in [-0.39, 0.29) is 5.69 Å². The van der Waals surface area contributed by atoms with E-state index in [1.165, 1.54) is 12.1 Å². The number of aliphatic hydroxyl groups is 1. The average Bonchev–Trinajstić information content (AvgIpc) is 2.26. The van der Waals surface area contributed by atoms with Gasteiger partial charge in [-0.15, -0.1) is 0 Å². The van der Waals surface area contributed by atoms with Gasteiger partial charge < -0.3 is 5.11 Å². The summed E-state index contributed by atoms with van der Waals surface area (Å²) in [5.41, 5.74) is 0.0497. The molecule has 104 valence electrons. The topological polar surface area (TPSA) is 66.6 Å². The second-order valence-corrected chi connectivity index (χ2v) is 5.59. The van der Waals surface area contributed by atoms with E-state index in [2.05, 4.69) is 0 Å². The van der Waals surface area contributed by atoms with Gasteiger partial charge in [-0.1, -0.05) is 24.9 Å². The van der Waals surface area contributed by atoms with Crippen LogP contribution in [0.3, 0.4) is 0 Å². The Bertz CT molecular complexity index is 487. The highest BCUT2D eigenvalue weighted by molar-refractivity contribution is 6.30. The Labute approximate surface area is 116 Å². The molecule has 6 heteroatoms. The number of hydrogen-bond acceptors (Lipinski definition) is 4. The smallest absolute Gasteiger partial charge is 0.273 e. The van der Waals surface area contributed by atoms with Gasteiger partial charge in [0, 0.05) is 36.3 Å². The van der Waals surface area contributed by atoms with Crippen molar-refractivity contribution in [2.24, 2.45) is 0 Å². The van der Waals surface area contributed by atoms with Crippen LogP contribution in [-0.2, 0) is 6.54 Å². The number of halogens is 1. The Balaban J connectivity index is 2.05. The van der Waals surface area contributed by atoms with Crippen molar-refractivity contribution in [1.29, 1.82) is 0 Å². The molecule has 5 nitrogen and oxygen atoms in total. The maximum atomic E-state index is 10.9. The van der Waals surface area contributed by atoms with Crippen molar-refractivity contribution in [1.82, 2.24) is 4.90 Å². The third kappa shape index (κ3) is 3.23. The zero-order valence-corrected chi connectivity index (χ0v) is 11.6. The Hall–Kier alpha value is -1.17. The SMILES string of the molecule is CCCC1(O)CN(Cc2cc(Cl)ccc2[N+](=O)[O-])C1. The van der Waals surface area contributed by atoms with Crippen molar-refractivity contribution in [3.8, 4) is 0 Å². The van der Waals surface area contributed by atoms with E-state index in [0.717, 1.165) is 12.8 Å². The number of rotatable bonds is 5. The summed E-state index contributed by atoms with van der Waals surface area (Å²) in [6.45, 7) is 3.60. The molecule has 2 rings (SSSR count). The van der Waals surface area contributed by atoms with Crippen LogP contribution in [0.25, 0.3) is 0 Å². The number of likely N-dealkylation sites (tertiary alicyclic amines) is 1. The third-order valence-corrected chi connectivity index (χ3v) is 3.62. The zero-order chi connectivity index (χ0) is 14.0. The Morgan fingerprint density at radius 3 is 2.79 bits per heavy atom. The minimum atomic E-state index is -0.623. The maximum absolute atomic E-state index is 10.9. The summed E-state index contributed by atoms with van der Waals surface area (Å²) in [5, 5.41) is 21.5. The number of hydrogen-bond donors (Lipinski definition) is 1. The second kappa shape index (κ2) is 5.45. The van der Waals surface area contributed by atoms with E-state index < -0.39 is 10.5 Å². The molecule has 0 atom stereocenters. The van der Waals surface area contributed by atoms with Gasteiger partial charge >= 0.3 is 0 Å². The van der Waals surface area contributed by atoms with Gasteiger partial charge in [0.15, 0.2) is 0 Å². The largest absolute Gasteiger partial charge is 0.387 e. The second-order valence-electron chi connectivity index (χ2n) is 5.15. The molecule has 19 heavy (non-hydrogen) atoms. The van der Waals surface area contributed by atoms with Crippen LogP contribution in [0.4, 0.5) is 5.69 Å². The first-order valence-electron chi connectivity index (χ1n) is 6.31. The van der Waals surface area contributed by atoms with Crippen LogP contribution in [-0.4, -0.2) is 33.6 Å². The molecule has 1 aromatic carbocycles. The van der Waals surface area contributed by atoms with E-state index in [9.17, 15) is 15.2 Å². The van der Waals surface area contributed by atoms with Crippen LogP contribution >= 0.6 is 11.6 Å². The molecule has 1 fully saturated rings. The number of nitro benzene ring substituents is 1. The van der Waals surface area contributed by atoms with Gasteiger partial charge in [-0.05, 0) is 18.6 Å².